The highest BCUT2D eigenvalue weighted by Crippen LogP contribution is 2.25. The molecule has 1 aromatic heterocycles. The predicted molar refractivity (Wildman–Crippen MR) is 114 cm³/mol. The van der Waals surface area contributed by atoms with Gasteiger partial charge in [0.25, 0.3) is 0 Å². The summed E-state index contributed by atoms with van der Waals surface area (Å²) in [7, 11) is 0. The number of aliphatic hydroxyl groups is 1. The predicted octanol–water partition coefficient (Wildman–Crippen LogP) is 3.24. The topological polar surface area (TPSA) is 70.4 Å². The average molecular weight is 390 g/mol. The maximum Gasteiger partial charge on any atom is 0.239 e. The zero-order valence-electron chi connectivity index (χ0n) is 16.6. The van der Waals surface area contributed by atoms with Gasteiger partial charge in [0.05, 0.1) is 24.0 Å². The van der Waals surface area contributed by atoms with Crippen LogP contribution in [0.25, 0.3) is 16.9 Å². The number of carbonyl (C=O) groups is 1. The Morgan fingerprint density at radius 2 is 1.93 bits per heavy atom. The molecule has 29 heavy (non-hydrogen) atoms. The van der Waals surface area contributed by atoms with E-state index in [1.165, 1.54) is 5.56 Å². The molecule has 2 aromatic carbocycles. The van der Waals surface area contributed by atoms with Crippen LogP contribution in [0, 0.1) is 6.92 Å². The second-order valence-electron chi connectivity index (χ2n) is 7.61. The first kappa shape index (κ1) is 19.4. The van der Waals surface area contributed by atoms with Gasteiger partial charge >= 0.3 is 0 Å². The summed E-state index contributed by atoms with van der Waals surface area (Å²) in [4.78, 5) is 14.7. The first-order valence-corrected chi connectivity index (χ1v) is 10.0. The summed E-state index contributed by atoms with van der Waals surface area (Å²) in [6.07, 6.45) is 1.37. The number of rotatable bonds is 5. The molecule has 1 fully saturated rings. The number of hydrogen-bond acceptors (Lipinski definition) is 4. The molecule has 0 bridgehead atoms. The van der Waals surface area contributed by atoms with Crippen LogP contribution in [0.3, 0.4) is 0 Å². The maximum absolute atomic E-state index is 12.7. The zero-order chi connectivity index (χ0) is 20.2. The fourth-order valence-corrected chi connectivity index (χ4v) is 3.66. The maximum atomic E-state index is 12.7. The largest absolute Gasteiger partial charge is 0.392 e. The van der Waals surface area contributed by atoms with Gasteiger partial charge in [-0.05, 0) is 38.4 Å². The van der Waals surface area contributed by atoms with Crippen LogP contribution in [0.4, 0.5) is 5.82 Å². The van der Waals surface area contributed by atoms with E-state index in [1.807, 2.05) is 53.4 Å². The Morgan fingerprint density at radius 3 is 2.66 bits per heavy atom. The van der Waals surface area contributed by atoms with Crippen LogP contribution in [-0.2, 0) is 4.79 Å². The van der Waals surface area contributed by atoms with Crippen molar-refractivity contribution in [2.24, 2.45) is 0 Å². The third-order valence-corrected chi connectivity index (χ3v) is 5.17. The fraction of sp³-hybridized carbons (Fsp3) is 0.304. The van der Waals surface area contributed by atoms with Gasteiger partial charge in [0.2, 0.25) is 5.91 Å². The number of anilines is 1. The Hall–Kier alpha value is -2.96. The van der Waals surface area contributed by atoms with Gasteiger partial charge in [0, 0.05) is 18.2 Å². The highest BCUT2D eigenvalue weighted by atomic mass is 16.3. The number of amides is 1. The van der Waals surface area contributed by atoms with Gasteiger partial charge in [0.1, 0.15) is 5.82 Å². The van der Waals surface area contributed by atoms with E-state index >= 15 is 0 Å². The van der Waals surface area contributed by atoms with E-state index in [-0.39, 0.29) is 18.6 Å². The number of likely N-dealkylation sites (tertiary alicyclic amines) is 1. The molecule has 1 amide bonds. The van der Waals surface area contributed by atoms with Gasteiger partial charge in [-0.2, -0.15) is 5.10 Å². The van der Waals surface area contributed by atoms with Crippen molar-refractivity contribution in [2.45, 2.75) is 25.9 Å². The molecule has 2 heterocycles. The summed E-state index contributed by atoms with van der Waals surface area (Å²) >= 11 is 0. The molecule has 150 valence electrons. The lowest BCUT2D eigenvalue weighted by Gasteiger charge is -2.29. The number of piperidine rings is 1. The van der Waals surface area contributed by atoms with Crippen LogP contribution in [0.2, 0.25) is 0 Å². The number of aryl methyl sites for hydroxylation is 1. The summed E-state index contributed by atoms with van der Waals surface area (Å²) in [5, 5.41) is 17.6. The lowest BCUT2D eigenvalue weighted by atomic mass is 10.1. The van der Waals surface area contributed by atoms with Crippen molar-refractivity contribution in [1.29, 1.82) is 0 Å². The smallest absolute Gasteiger partial charge is 0.239 e. The Kier molecular flexibility index (Phi) is 5.74. The molecule has 2 N–H and O–H groups in total. The minimum absolute atomic E-state index is 0.105. The van der Waals surface area contributed by atoms with Gasteiger partial charge in [0.15, 0.2) is 0 Å². The summed E-state index contributed by atoms with van der Waals surface area (Å²) < 4.78 is 1.76. The van der Waals surface area contributed by atoms with Crippen molar-refractivity contribution in [3.63, 3.8) is 0 Å². The molecule has 4 rings (SSSR count). The number of nitrogens with zero attached hydrogens (tertiary/aromatic N) is 3. The molecule has 0 saturated carbocycles. The Labute approximate surface area is 170 Å². The third-order valence-electron chi connectivity index (χ3n) is 5.17. The van der Waals surface area contributed by atoms with Crippen LogP contribution in [0.1, 0.15) is 18.4 Å². The highest BCUT2D eigenvalue weighted by Gasteiger charge is 2.21. The molecular weight excluding hydrogens is 364 g/mol. The van der Waals surface area contributed by atoms with Crippen LogP contribution in [0.15, 0.2) is 60.7 Å². The monoisotopic (exact) mass is 390 g/mol. The number of aromatic nitrogens is 2. The molecule has 1 saturated heterocycles. The first-order chi connectivity index (χ1) is 14.1. The van der Waals surface area contributed by atoms with Crippen molar-refractivity contribution < 1.29 is 9.90 Å². The summed E-state index contributed by atoms with van der Waals surface area (Å²) in [5.74, 6) is 0.529. The Morgan fingerprint density at radius 1 is 1.17 bits per heavy atom. The van der Waals surface area contributed by atoms with Crippen LogP contribution in [-0.4, -0.2) is 51.4 Å². The van der Waals surface area contributed by atoms with Crippen molar-refractivity contribution in [3.8, 4) is 16.9 Å². The van der Waals surface area contributed by atoms with Crippen molar-refractivity contribution in [1.82, 2.24) is 14.7 Å². The molecule has 6 nitrogen and oxygen atoms in total. The SMILES string of the molecule is Cc1ccc(-c2cc(NC(=O)CN3CCCC(O)C3)n(-c3ccccc3)n2)cc1. The lowest BCUT2D eigenvalue weighted by molar-refractivity contribution is -0.118. The van der Waals surface area contributed by atoms with Crippen LogP contribution >= 0.6 is 0 Å². The first-order valence-electron chi connectivity index (χ1n) is 10.0. The fourth-order valence-electron chi connectivity index (χ4n) is 3.66. The molecule has 0 radical (unpaired) electrons. The average Bonchev–Trinajstić information content (AvgIpc) is 3.12. The van der Waals surface area contributed by atoms with Gasteiger partial charge in [-0.1, -0.05) is 48.0 Å². The number of para-hydroxylation sites is 1. The summed E-state index contributed by atoms with van der Waals surface area (Å²) in [6, 6.07) is 19.8. The summed E-state index contributed by atoms with van der Waals surface area (Å²) in [5.41, 5.74) is 3.88. The standard InChI is InChI=1S/C23H26N4O2/c1-17-9-11-18(12-10-17)21-14-22(27(25-21)19-6-3-2-4-7-19)24-23(29)16-26-13-5-8-20(28)15-26/h2-4,6-7,9-12,14,20,28H,5,8,13,15-16H2,1H3,(H,24,29). The molecule has 0 aliphatic carbocycles. The molecular formula is C23H26N4O2. The normalized spacial score (nSPS) is 17.2. The van der Waals surface area contributed by atoms with Gasteiger partial charge < -0.3 is 10.4 Å². The Balaban J connectivity index is 1.59. The van der Waals surface area contributed by atoms with E-state index in [0.717, 1.165) is 36.3 Å². The molecule has 3 aromatic rings. The second kappa shape index (κ2) is 8.59. The van der Waals surface area contributed by atoms with Crippen LogP contribution < -0.4 is 5.32 Å². The molecule has 6 heteroatoms. The molecule has 1 atom stereocenters. The van der Waals surface area contributed by atoms with Crippen molar-refractivity contribution in [2.75, 3.05) is 25.0 Å². The van der Waals surface area contributed by atoms with Crippen molar-refractivity contribution >= 4 is 11.7 Å². The minimum atomic E-state index is -0.348. The third kappa shape index (κ3) is 4.72. The van der Waals surface area contributed by atoms with Gasteiger partial charge in [-0.25, -0.2) is 4.68 Å². The van der Waals surface area contributed by atoms with E-state index in [2.05, 4.69) is 24.4 Å². The number of carbonyl (C=O) groups excluding carboxylic acids is 1. The zero-order valence-corrected chi connectivity index (χ0v) is 16.6. The molecule has 1 aliphatic rings. The minimum Gasteiger partial charge on any atom is -0.392 e. The highest BCUT2D eigenvalue weighted by molar-refractivity contribution is 5.92. The van der Waals surface area contributed by atoms with Crippen LogP contribution in [0.5, 0.6) is 0 Å². The van der Waals surface area contributed by atoms with Crippen molar-refractivity contribution in [3.05, 3.63) is 66.2 Å². The number of nitrogens with one attached hydrogen (secondary N) is 1. The second-order valence-corrected chi connectivity index (χ2v) is 7.61. The Bertz CT molecular complexity index is 966. The molecule has 1 unspecified atom stereocenters. The van der Waals surface area contributed by atoms with Gasteiger partial charge in [-0.3, -0.25) is 9.69 Å². The van der Waals surface area contributed by atoms with E-state index in [4.69, 9.17) is 5.10 Å². The van der Waals surface area contributed by atoms with Gasteiger partial charge in [-0.15, -0.1) is 0 Å². The van der Waals surface area contributed by atoms with E-state index in [9.17, 15) is 9.90 Å². The van der Waals surface area contributed by atoms with E-state index in [1.54, 1.807) is 4.68 Å². The number of aliphatic hydroxyl groups excluding tert-OH is 1. The lowest BCUT2D eigenvalue weighted by Crippen LogP contribution is -2.42. The summed E-state index contributed by atoms with van der Waals surface area (Å²) in [6.45, 7) is 3.68. The molecule has 0 spiro atoms. The number of hydrogen-bond donors (Lipinski definition) is 2. The quantitative estimate of drug-likeness (QED) is 0.702. The number of β-amino-alcohol motifs (C(OH)–C–C–N with tert-alkyl or cyclic N) is 1. The molecule has 1 aliphatic heterocycles. The van der Waals surface area contributed by atoms with E-state index < -0.39 is 0 Å². The van der Waals surface area contributed by atoms with E-state index in [0.29, 0.717) is 12.4 Å². The number of benzene rings is 2.